The summed E-state index contributed by atoms with van der Waals surface area (Å²) < 4.78 is 4.96. The molecule has 126 valence electrons. The zero-order valence-electron chi connectivity index (χ0n) is 13.4. The van der Waals surface area contributed by atoms with Gasteiger partial charge in [0.15, 0.2) is 0 Å². The average molecular weight is 348 g/mol. The maximum absolute atomic E-state index is 12.4. The zero-order valence-corrected chi connectivity index (χ0v) is 14.2. The molecule has 1 N–H and O–H groups in total. The Labute approximate surface area is 142 Å². The fourth-order valence-corrected chi connectivity index (χ4v) is 2.98. The van der Waals surface area contributed by atoms with Crippen LogP contribution in [0.1, 0.15) is 38.1 Å². The first-order valence-electron chi connectivity index (χ1n) is 7.17. The Morgan fingerprint density at radius 3 is 2.62 bits per heavy atom. The maximum Gasteiger partial charge on any atom is 0.341 e. The van der Waals surface area contributed by atoms with E-state index in [4.69, 9.17) is 4.74 Å². The van der Waals surface area contributed by atoms with Crippen LogP contribution in [0, 0.1) is 24.0 Å². The topological polar surface area (TPSA) is 98.5 Å². The van der Waals surface area contributed by atoms with Crippen LogP contribution in [0.4, 0.5) is 10.7 Å². The molecule has 0 aliphatic carbocycles. The fraction of sp³-hybridized carbons (Fsp3) is 0.250. The van der Waals surface area contributed by atoms with Gasteiger partial charge in [-0.25, -0.2) is 4.79 Å². The Balaban J connectivity index is 2.29. The third kappa shape index (κ3) is 3.77. The van der Waals surface area contributed by atoms with E-state index in [0.29, 0.717) is 10.6 Å². The highest BCUT2D eigenvalue weighted by molar-refractivity contribution is 7.16. The highest BCUT2D eigenvalue weighted by atomic mass is 32.1. The van der Waals surface area contributed by atoms with Crippen molar-refractivity contribution in [3.05, 3.63) is 55.9 Å². The predicted octanol–water partition coefficient (Wildman–Crippen LogP) is 3.70. The van der Waals surface area contributed by atoms with Crippen LogP contribution in [0.3, 0.4) is 0 Å². The number of carbonyl (C=O) groups excluding carboxylic acids is 2. The summed E-state index contributed by atoms with van der Waals surface area (Å²) in [5.41, 5.74) is 0.758. The van der Waals surface area contributed by atoms with Gasteiger partial charge in [-0.2, -0.15) is 0 Å². The number of benzene rings is 1. The molecular weight excluding hydrogens is 332 g/mol. The lowest BCUT2D eigenvalue weighted by Crippen LogP contribution is -2.14. The van der Waals surface area contributed by atoms with Crippen molar-refractivity contribution in [3.8, 4) is 0 Å². The normalized spacial score (nSPS) is 10.3. The number of carbonyl (C=O) groups is 2. The molecule has 1 aromatic carbocycles. The van der Waals surface area contributed by atoms with Crippen LogP contribution in [0.5, 0.6) is 0 Å². The Hall–Kier alpha value is -2.74. The number of nitrogens with zero attached hydrogens (tertiary/aromatic N) is 1. The van der Waals surface area contributed by atoms with E-state index in [1.165, 1.54) is 29.5 Å². The summed E-state index contributed by atoms with van der Waals surface area (Å²) in [7, 11) is 0. The first kappa shape index (κ1) is 17.6. The number of nitrogens with one attached hydrogen (secondary N) is 1. The van der Waals surface area contributed by atoms with Crippen LogP contribution in [0.2, 0.25) is 0 Å². The number of ether oxygens (including phenoxy) is 1. The molecule has 0 saturated carbocycles. The number of aryl methyl sites for hydroxylation is 2. The molecule has 0 unspecified atom stereocenters. The molecule has 0 radical (unpaired) electrons. The standard InChI is InChI=1S/C16H16N2O5S/c1-4-23-16(20)12-7-10(3)24-15(12)17-14(19)11-6-5-9(2)13(8-11)18(21)22/h5-8H,4H2,1-3H3,(H,17,19). The second-order valence-electron chi connectivity index (χ2n) is 5.03. The van der Waals surface area contributed by atoms with Gasteiger partial charge >= 0.3 is 5.97 Å². The van der Waals surface area contributed by atoms with E-state index in [-0.39, 0.29) is 23.4 Å². The molecule has 0 bridgehead atoms. The average Bonchev–Trinajstić information content (AvgIpc) is 2.88. The molecule has 0 atom stereocenters. The van der Waals surface area contributed by atoms with E-state index < -0.39 is 16.8 Å². The summed E-state index contributed by atoms with van der Waals surface area (Å²) >= 11 is 1.24. The third-order valence-corrected chi connectivity index (χ3v) is 4.21. The summed E-state index contributed by atoms with van der Waals surface area (Å²) in [6.45, 7) is 5.33. The van der Waals surface area contributed by atoms with Crippen molar-refractivity contribution in [1.29, 1.82) is 0 Å². The molecule has 0 aliphatic heterocycles. The molecule has 1 amide bonds. The molecule has 1 aromatic heterocycles. The first-order chi connectivity index (χ1) is 11.3. The number of nitro groups is 1. The lowest BCUT2D eigenvalue weighted by atomic mass is 10.1. The van der Waals surface area contributed by atoms with E-state index in [1.54, 1.807) is 26.8 Å². The first-order valence-corrected chi connectivity index (χ1v) is 7.99. The second-order valence-corrected chi connectivity index (χ2v) is 6.29. The van der Waals surface area contributed by atoms with E-state index in [2.05, 4.69) is 5.32 Å². The predicted molar refractivity (Wildman–Crippen MR) is 90.8 cm³/mol. The summed E-state index contributed by atoms with van der Waals surface area (Å²) in [5, 5.41) is 14.0. The molecule has 1 heterocycles. The van der Waals surface area contributed by atoms with Crippen molar-refractivity contribution in [2.45, 2.75) is 20.8 Å². The smallest absolute Gasteiger partial charge is 0.341 e. The van der Waals surface area contributed by atoms with Gasteiger partial charge < -0.3 is 10.1 Å². The Morgan fingerprint density at radius 1 is 1.29 bits per heavy atom. The van der Waals surface area contributed by atoms with Gasteiger partial charge in [0, 0.05) is 22.1 Å². The van der Waals surface area contributed by atoms with Crippen LogP contribution in [0.25, 0.3) is 0 Å². The van der Waals surface area contributed by atoms with Gasteiger partial charge in [-0.15, -0.1) is 11.3 Å². The molecular formula is C16H16N2O5S. The molecule has 0 saturated heterocycles. The van der Waals surface area contributed by atoms with Crippen molar-refractivity contribution in [2.75, 3.05) is 11.9 Å². The zero-order chi connectivity index (χ0) is 17.9. The number of rotatable bonds is 5. The number of hydrogen-bond donors (Lipinski definition) is 1. The fourth-order valence-electron chi connectivity index (χ4n) is 2.09. The number of hydrogen-bond acceptors (Lipinski definition) is 6. The number of thiophene rings is 1. The summed E-state index contributed by atoms with van der Waals surface area (Å²) in [6, 6.07) is 5.87. The van der Waals surface area contributed by atoms with Crippen molar-refractivity contribution < 1.29 is 19.2 Å². The largest absolute Gasteiger partial charge is 0.462 e. The molecule has 8 heteroatoms. The van der Waals surface area contributed by atoms with Crippen LogP contribution >= 0.6 is 11.3 Å². The van der Waals surface area contributed by atoms with Gasteiger partial charge in [-0.3, -0.25) is 14.9 Å². The molecule has 7 nitrogen and oxygen atoms in total. The van der Waals surface area contributed by atoms with Gasteiger partial charge in [0.1, 0.15) is 5.00 Å². The minimum atomic E-state index is -0.536. The number of nitro benzene ring substituents is 1. The van der Waals surface area contributed by atoms with E-state index in [1.807, 2.05) is 0 Å². The summed E-state index contributed by atoms with van der Waals surface area (Å²) in [6.07, 6.45) is 0. The summed E-state index contributed by atoms with van der Waals surface area (Å²) in [5.74, 6) is -1.04. The van der Waals surface area contributed by atoms with Crippen LogP contribution < -0.4 is 5.32 Å². The van der Waals surface area contributed by atoms with Gasteiger partial charge in [0.2, 0.25) is 0 Å². The van der Waals surface area contributed by atoms with Crippen molar-refractivity contribution in [1.82, 2.24) is 0 Å². The second kappa shape index (κ2) is 7.22. The van der Waals surface area contributed by atoms with Crippen molar-refractivity contribution in [2.24, 2.45) is 0 Å². The summed E-state index contributed by atoms with van der Waals surface area (Å²) in [4.78, 5) is 35.6. The minimum Gasteiger partial charge on any atom is -0.462 e. The highest BCUT2D eigenvalue weighted by Gasteiger charge is 2.20. The molecule has 2 rings (SSSR count). The molecule has 0 spiro atoms. The quantitative estimate of drug-likeness (QED) is 0.504. The maximum atomic E-state index is 12.4. The van der Waals surface area contributed by atoms with Crippen LogP contribution in [-0.2, 0) is 4.74 Å². The number of anilines is 1. The van der Waals surface area contributed by atoms with Gasteiger partial charge in [0.25, 0.3) is 11.6 Å². The van der Waals surface area contributed by atoms with E-state index in [0.717, 1.165) is 4.88 Å². The van der Waals surface area contributed by atoms with E-state index in [9.17, 15) is 19.7 Å². The Morgan fingerprint density at radius 2 is 2.00 bits per heavy atom. The molecule has 0 aliphatic rings. The number of amides is 1. The Kier molecular flexibility index (Phi) is 5.30. The number of esters is 1. The molecule has 24 heavy (non-hydrogen) atoms. The Bertz CT molecular complexity index is 813. The van der Waals surface area contributed by atoms with Gasteiger partial charge in [0.05, 0.1) is 17.1 Å². The highest BCUT2D eigenvalue weighted by Crippen LogP contribution is 2.29. The third-order valence-electron chi connectivity index (χ3n) is 3.25. The molecule has 0 fully saturated rings. The van der Waals surface area contributed by atoms with Crippen molar-refractivity contribution >= 4 is 33.9 Å². The van der Waals surface area contributed by atoms with Crippen molar-refractivity contribution in [3.63, 3.8) is 0 Å². The van der Waals surface area contributed by atoms with Crippen LogP contribution in [-0.4, -0.2) is 23.4 Å². The van der Waals surface area contributed by atoms with E-state index >= 15 is 0 Å². The lowest BCUT2D eigenvalue weighted by Gasteiger charge is -2.07. The monoisotopic (exact) mass is 348 g/mol. The molecule has 2 aromatic rings. The minimum absolute atomic E-state index is 0.129. The lowest BCUT2D eigenvalue weighted by molar-refractivity contribution is -0.385. The van der Waals surface area contributed by atoms with Gasteiger partial charge in [-0.05, 0) is 32.9 Å². The van der Waals surface area contributed by atoms with Gasteiger partial charge in [-0.1, -0.05) is 6.07 Å². The van der Waals surface area contributed by atoms with Crippen LogP contribution in [0.15, 0.2) is 24.3 Å². The SMILES string of the molecule is CCOC(=O)c1cc(C)sc1NC(=O)c1ccc(C)c([N+](=O)[O-])c1.